The van der Waals surface area contributed by atoms with Crippen LogP contribution in [0.25, 0.3) is 10.9 Å². The third kappa shape index (κ3) is 2.30. The third-order valence-electron chi connectivity index (χ3n) is 4.80. The first-order valence-electron chi connectivity index (χ1n) is 7.60. The van der Waals surface area contributed by atoms with Crippen LogP contribution in [0, 0.1) is 6.92 Å². The maximum Gasteiger partial charge on any atom is 0.254 e. The van der Waals surface area contributed by atoms with E-state index in [4.69, 9.17) is 4.74 Å². The number of nitrogens with one attached hydrogen (secondary N) is 1. The van der Waals surface area contributed by atoms with Crippen molar-refractivity contribution in [2.45, 2.75) is 38.0 Å². The molecular weight excluding hydrogens is 280 g/mol. The number of para-hydroxylation sites is 1. The van der Waals surface area contributed by atoms with Gasteiger partial charge in [-0.25, -0.2) is 0 Å². The number of ether oxygens (including phenoxy) is 1. The molecule has 1 amide bonds. The lowest BCUT2D eigenvalue weighted by atomic mass is 10.1. The fourth-order valence-electron chi connectivity index (χ4n) is 3.41. The SMILES string of the molecule is CO[C@@H]1CC[C@@H](NC(=O)c2c(C)n(C)c3ccccc23)[C@H]1O. The topological polar surface area (TPSA) is 63.5 Å². The number of methoxy groups -OCH3 is 1. The summed E-state index contributed by atoms with van der Waals surface area (Å²) in [5.74, 6) is -0.130. The summed E-state index contributed by atoms with van der Waals surface area (Å²) in [7, 11) is 3.55. The normalized spacial score (nSPS) is 24.8. The minimum Gasteiger partial charge on any atom is -0.388 e. The number of hydrogen-bond donors (Lipinski definition) is 2. The van der Waals surface area contributed by atoms with Gasteiger partial charge in [0.1, 0.15) is 6.10 Å². The molecule has 1 aromatic heterocycles. The van der Waals surface area contributed by atoms with E-state index in [1.54, 1.807) is 7.11 Å². The Hall–Kier alpha value is -1.85. The van der Waals surface area contributed by atoms with Gasteiger partial charge in [0.15, 0.2) is 0 Å². The van der Waals surface area contributed by atoms with Crippen molar-refractivity contribution < 1.29 is 14.6 Å². The van der Waals surface area contributed by atoms with Crippen LogP contribution in [0.4, 0.5) is 0 Å². The molecule has 0 unspecified atom stereocenters. The van der Waals surface area contributed by atoms with Crippen molar-refractivity contribution in [1.29, 1.82) is 0 Å². The van der Waals surface area contributed by atoms with E-state index < -0.39 is 6.10 Å². The summed E-state index contributed by atoms with van der Waals surface area (Å²) in [5, 5.41) is 14.1. The highest BCUT2D eigenvalue weighted by Gasteiger charge is 2.36. The maximum absolute atomic E-state index is 12.7. The molecule has 0 spiro atoms. The van der Waals surface area contributed by atoms with Crippen molar-refractivity contribution in [3.05, 3.63) is 35.5 Å². The Morgan fingerprint density at radius 1 is 1.36 bits per heavy atom. The molecule has 5 nitrogen and oxygen atoms in total. The lowest BCUT2D eigenvalue weighted by Crippen LogP contribution is -2.43. The lowest BCUT2D eigenvalue weighted by molar-refractivity contribution is 0.000212. The number of aliphatic hydroxyl groups excluding tert-OH is 1. The number of fused-ring (bicyclic) bond motifs is 1. The highest BCUT2D eigenvalue weighted by atomic mass is 16.5. The average molecular weight is 302 g/mol. The second-order valence-corrected chi connectivity index (χ2v) is 5.96. The molecule has 2 aromatic rings. The van der Waals surface area contributed by atoms with Gasteiger partial charge < -0.3 is 19.7 Å². The predicted molar refractivity (Wildman–Crippen MR) is 84.9 cm³/mol. The zero-order chi connectivity index (χ0) is 15.9. The minimum atomic E-state index is -0.649. The second kappa shape index (κ2) is 5.74. The number of nitrogens with zero attached hydrogens (tertiary/aromatic N) is 1. The summed E-state index contributed by atoms with van der Waals surface area (Å²) in [4.78, 5) is 12.7. The maximum atomic E-state index is 12.7. The average Bonchev–Trinajstić information content (AvgIpc) is 2.99. The smallest absolute Gasteiger partial charge is 0.254 e. The summed E-state index contributed by atoms with van der Waals surface area (Å²) in [6.07, 6.45) is 0.648. The second-order valence-electron chi connectivity index (χ2n) is 5.96. The van der Waals surface area contributed by atoms with Crippen molar-refractivity contribution in [2.75, 3.05) is 7.11 Å². The molecule has 0 bridgehead atoms. The van der Waals surface area contributed by atoms with Gasteiger partial charge in [-0.2, -0.15) is 0 Å². The van der Waals surface area contributed by atoms with E-state index in [9.17, 15) is 9.90 Å². The molecule has 1 saturated carbocycles. The molecule has 2 N–H and O–H groups in total. The molecule has 0 saturated heterocycles. The van der Waals surface area contributed by atoms with Crippen LogP contribution in [-0.2, 0) is 11.8 Å². The Morgan fingerprint density at radius 2 is 2.09 bits per heavy atom. The van der Waals surface area contributed by atoms with E-state index in [2.05, 4.69) is 5.32 Å². The van der Waals surface area contributed by atoms with Crippen molar-refractivity contribution in [1.82, 2.24) is 9.88 Å². The number of aliphatic hydroxyl groups is 1. The molecule has 5 heteroatoms. The highest BCUT2D eigenvalue weighted by molar-refractivity contribution is 6.08. The van der Waals surface area contributed by atoms with Gasteiger partial charge in [-0.1, -0.05) is 18.2 Å². The van der Waals surface area contributed by atoms with Gasteiger partial charge in [-0.15, -0.1) is 0 Å². The number of carbonyl (C=O) groups is 1. The zero-order valence-electron chi connectivity index (χ0n) is 13.2. The van der Waals surface area contributed by atoms with E-state index in [0.717, 1.165) is 29.4 Å². The summed E-state index contributed by atoms with van der Waals surface area (Å²) < 4.78 is 7.25. The van der Waals surface area contributed by atoms with E-state index in [0.29, 0.717) is 5.56 Å². The van der Waals surface area contributed by atoms with Gasteiger partial charge in [0, 0.05) is 30.8 Å². The molecule has 0 aliphatic heterocycles. The Bertz CT molecular complexity index is 707. The predicted octanol–water partition coefficient (Wildman–Crippen LogP) is 1.75. The van der Waals surface area contributed by atoms with Crippen LogP contribution >= 0.6 is 0 Å². The van der Waals surface area contributed by atoms with Crippen LogP contribution in [-0.4, -0.2) is 40.9 Å². The van der Waals surface area contributed by atoms with Gasteiger partial charge >= 0.3 is 0 Å². The Morgan fingerprint density at radius 3 is 2.77 bits per heavy atom. The third-order valence-corrected chi connectivity index (χ3v) is 4.80. The first-order valence-corrected chi connectivity index (χ1v) is 7.60. The summed E-state index contributed by atoms with van der Waals surface area (Å²) in [5.41, 5.74) is 2.65. The zero-order valence-corrected chi connectivity index (χ0v) is 13.2. The molecule has 1 heterocycles. The summed E-state index contributed by atoms with van der Waals surface area (Å²) >= 11 is 0. The van der Waals surface area contributed by atoms with Crippen molar-refractivity contribution in [2.24, 2.45) is 7.05 Å². The summed E-state index contributed by atoms with van der Waals surface area (Å²) in [6.45, 7) is 1.94. The number of amides is 1. The molecular formula is C17H22N2O3. The highest BCUT2D eigenvalue weighted by Crippen LogP contribution is 2.26. The first-order chi connectivity index (χ1) is 10.5. The molecule has 3 rings (SSSR count). The molecule has 1 fully saturated rings. The molecule has 22 heavy (non-hydrogen) atoms. The van der Waals surface area contributed by atoms with Gasteiger partial charge in [0.05, 0.1) is 17.7 Å². The molecule has 1 aliphatic carbocycles. The number of aryl methyl sites for hydroxylation is 1. The lowest BCUT2D eigenvalue weighted by Gasteiger charge is -2.19. The van der Waals surface area contributed by atoms with Crippen molar-refractivity contribution in [3.63, 3.8) is 0 Å². The molecule has 1 aliphatic rings. The Balaban J connectivity index is 1.89. The van der Waals surface area contributed by atoms with Gasteiger partial charge in [-0.05, 0) is 25.8 Å². The summed E-state index contributed by atoms with van der Waals surface area (Å²) in [6, 6.07) is 7.61. The van der Waals surface area contributed by atoms with Crippen LogP contribution in [0.2, 0.25) is 0 Å². The standard InChI is InChI=1S/C17H22N2O3/c1-10-15(11-6-4-5-7-13(11)19(10)2)17(21)18-12-8-9-14(22-3)16(12)20/h4-7,12,14,16,20H,8-9H2,1-3H3,(H,18,21)/t12-,14-,16-/m1/s1. The van der Waals surface area contributed by atoms with E-state index in [-0.39, 0.29) is 18.1 Å². The quantitative estimate of drug-likeness (QED) is 0.908. The fourth-order valence-corrected chi connectivity index (χ4v) is 3.41. The van der Waals surface area contributed by atoms with Crippen LogP contribution in [0.3, 0.4) is 0 Å². The van der Waals surface area contributed by atoms with E-state index >= 15 is 0 Å². The number of rotatable bonds is 3. The number of carbonyl (C=O) groups excluding carboxylic acids is 1. The van der Waals surface area contributed by atoms with Crippen LogP contribution in [0.5, 0.6) is 0 Å². The number of aromatic nitrogens is 1. The fraction of sp³-hybridized carbons (Fsp3) is 0.471. The Labute approximate surface area is 129 Å². The van der Waals surface area contributed by atoms with Gasteiger partial charge in [0.2, 0.25) is 0 Å². The van der Waals surface area contributed by atoms with Crippen molar-refractivity contribution in [3.8, 4) is 0 Å². The Kier molecular flexibility index (Phi) is 3.93. The van der Waals surface area contributed by atoms with Crippen LogP contribution in [0.1, 0.15) is 28.9 Å². The number of hydrogen-bond acceptors (Lipinski definition) is 3. The molecule has 118 valence electrons. The van der Waals surface area contributed by atoms with Crippen LogP contribution in [0.15, 0.2) is 24.3 Å². The van der Waals surface area contributed by atoms with Crippen LogP contribution < -0.4 is 5.32 Å². The monoisotopic (exact) mass is 302 g/mol. The molecule has 1 aromatic carbocycles. The van der Waals surface area contributed by atoms with E-state index in [1.807, 2.05) is 42.8 Å². The first kappa shape index (κ1) is 15.1. The minimum absolute atomic E-state index is 0.130. The van der Waals surface area contributed by atoms with Crippen molar-refractivity contribution >= 4 is 16.8 Å². The van der Waals surface area contributed by atoms with Gasteiger partial charge in [-0.3, -0.25) is 4.79 Å². The molecule has 3 atom stereocenters. The van der Waals surface area contributed by atoms with Gasteiger partial charge in [0.25, 0.3) is 5.91 Å². The largest absolute Gasteiger partial charge is 0.388 e. The van der Waals surface area contributed by atoms with E-state index in [1.165, 1.54) is 0 Å². The molecule has 0 radical (unpaired) electrons. The number of benzene rings is 1.